The van der Waals surface area contributed by atoms with E-state index in [9.17, 15) is 14.4 Å². The van der Waals surface area contributed by atoms with Crippen molar-refractivity contribution in [3.8, 4) is 5.75 Å². The summed E-state index contributed by atoms with van der Waals surface area (Å²) in [7, 11) is 1.50. The summed E-state index contributed by atoms with van der Waals surface area (Å²) in [5.74, 6) is -0.00670. The largest absolute Gasteiger partial charge is 0.495 e. The fraction of sp³-hybridized carbons (Fsp3) is 0.200. The van der Waals surface area contributed by atoms with Crippen LogP contribution in [0.15, 0.2) is 47.3 Å². The molecule has 2 heterocycles. The molecule has 136 valence electrons. The summed E-state index contributed by atoms with van der Waals surface area (Å²) in [6.45, 7) is 0. The van der Waals surface area contributed by atoms with E-state index in [0.717, 1.165) is 10.9 Å². The number of carbonyl (C=O) groups is 2. The molecule has 4 rings (SSSR count). The van der Waals surface area contributed by atoms with Crippen LogP contribution in [-0.4, -0.2) is 29.1 Å². The molecule has 0 radical (unpaired) electrons. The van der Waals surface area contributed by atoms with Crippen LogP contribution in [-0.2, 0) is 16.0 Å². The van der Waals surface area contributed by atoms with Crippen molar-refractivity contribution in [1.82, 2.24) is 10.2 Å². The second-order valence-corrected chi connectivity index (χ2v) is 6.35. The number of nitrogens with one attached hydrogen (secondary N) is 1. The zero-order chi connectivity index (χ0) is 19.0. The summed E-state index contributed by atoms with van der Waals surface area (Å²) in [4.78, 5) is 37.4. The van der Waals surface area contributed by atoms with Crippen LogP contribution in [0.5, 0.6) is 5.75 Å². The van der Waals surface area contributed by atoms with Gasteiger partial charge in [-0.25, -0.2) is 10.00 Å². The van der Waals surface area contributed by atoms with E-state index in [1.807, 2.05) is 18.2 Å². The molecule has 1 aliphatic rings. The number of hydrogen-bond acceptors (Lipinski definition) is 5. The normalized spacial score (nSPS) is 14.2. The predicted octanol–water partition coefficient (Wildman–Crippen LogP) is 2.18. The van der Waals surface area contributed by atoms with Gasteiger partial charge >= 0.3 is 0 Å². The minimum atomic E-state index is -0.238. The Balaban J connectivity index is 1.77. The Morgan fingerprint density at radius 1 is 1.04 bits per heavy atom. The number of ether oxygens (including phenoxy) is 1. The van der Waals surface area contributed by atoms with Crippen molar-refractivity contribution in [1.29, 1.82) is 0 Å². The number of methoxy groups -OCH3 is 1. The number of H-pyrrole nitrogens is 1. The van der Waals surface area contributed by atoms with E-state index in [0.29, 0.717) is 28.9 Å². The lowest BCUT2D eigenvalue weighted by molar-refractivity contribution is -0.121. The van der Waals surface area contributed by atoms with Crippen LogP contribution >= 0.6 is 0 Å². The maximum atomic E-state index is 12.1. The van der Waals surface area contributed by atoms with Gasteiger partial charge in [0, 0.05) is 24.6 Å². The van der Waals surface area contributed by atoms with Gasteiger partial charge in [-0.3, -0.25) is 14.4 Å². The SMILES string of the molecule is COc1ccc(Cc2n[nH]c(=O)c3ccccc23)cc1N1C(=O)CCC1=O. The van der Waals surface area contributed by atoms with Gasteiger partial charge in [0.15, 0.2) is 0 Å². The van der Waals surface area contributed by atoms with Crippen molar-refractivity contribution in [3.63, 3.8) is 0 Å². The van der Waals surface area contributed by atoms with E-state index in [1.165, 1.54) is 12.0 Å². The zero-order valence-electron chi connectivity index (χ0n) is 14.7. The van der Waals surface area contributed by atoms with Gasteiger partial charge in [0.25, 0.3) is 5.56 Å². The summed E-state index contributed by atoms with van der Waals surface area (Å²) in [5, 5.41) is 8.05. The molecule has 0 saturated carbocycles. The molecule has 7 nitrogen and oxygen atoms in total. The van der Waals surface area contributed by atoms with Gasteiger partial charge in [0.1, 0.15) is 5.75 Å². The molecular formula is C20H17N3O4. The lowest BCUT2D eigenvalue weighted by Gasteiger charge is -2.18. The first-order valence-corrected chi connectivity index (χ1v) is 8.57. The van der Waals surface area contributed by atoms with Crippen molar-refractivity contribution < 1.29 is 14.3 Å². The van der Waals surface area contributed by atoms with Crippen LogP contribution in [0.4, 0.5) is 5.69 Å². The Bertz CT molecular complexity index is 1100. The Kier molecular flexibility index (Phi) is 4.19. The third-order valence-corrected chi connectivity index (χ3v) is 4.68. The van der Waals surface area contributed by atoms with Gasteiger partial charge in [-0.15, -0.1) is 0 Å². The lowest BCUT2D eigenvalue weighted by Crippen LogP contribution is -2.29. The minimum Gasteiger partial charge on any atom is -0.495 e. The molecule has 0 spiro atoms. The number of carbonyl (C=O) groups excluding carboxylic acids is 2. The first-order valence-electron chi connectivity index (χ1n) is 8.57. The number of rotatable bonds is 4. The molecule has 1 aliphatic heterocycles. The number of benzene rings is 2. The summed E-state index contributed by atoms with van der Waals surface area (Å²) in [5.41, 5.74) is 1.76. The van der Waals surface area contributed by atoms with Gasteiger partial charge in [-0.2, -0.15) is 5.10 Å². The van der Waals surface area contributed by atoms with Crippen molar-refractivity contribution in [2.45, 2.75) is 19.3 Å². The van der Waals surface area contributed by atoms with Gasteiger partial charge in [-0.1, -0.05) is 24.3 Å². The smallest absolute Gasteiger partial charge is 0.272 e. The molecule has 0 atom stereocenters. The van der Waals surface area contributed by atoms with Gasteiger partial charge in [0.2, 0.25) is 11.8 Å². The average Bonchev–Trinajstić information content (AvgIpc) is 3.02. The first-order chi connectivity index (χ1) is 13.1. The van der Waals surface area contributed by atoms with Crippen LogP contribution < -0.4 is 15.2 Å². The molecule has 0 unspecified atom stereocenters. The lowest BCUT2D eigenvalue weighted by atomic mass is 10.0. The highest BCUT2D eigenvalue weighted by Crippen LogP contribution is 2.33. The molecule has 1 aromatic heterocycles. The highest BCUT2D eigenvalue weighted by atomic mass is 16.5. The van der Waals surface area contributed by atoms with Crippen LogP contribution in [0, 0.1) is 0 Å². The van der Waals surface area contributed by atoms with E-state index < -0.39 is 0 Å². The molecule has 27 heavy (non-hydrogen) atoms. The second kappa shape index (κ2) is 6.68. The number of hydrogen-bond donors (Lipinski definition) is 1. The van der Waals surface area contributed by atoms with Crippen LogP contribution in [0.2, 0.25) is 0 Å². The molecule has 1 saturated heterocycles. The fourth-order valence-corrected chi connectivity index (χ4v) is 3.37. The monoisotopic (exact) mass is 363 g/mol. The quantitative estimate of drug-likeness (QED) is 0.717. The Labute approximate surface area is 154 Å². The summed E-state index contributed by atoms with van der Waals surface area (Å²) in [6, 6.07) is 12.6. The van der Waals surface area contributed by atoms with Crippen molar-refractivity contribution in [2.75, 3.05) is 12.0 Å². The maximum absolute atomic E-state index is 12.1. The van der Waals surface area contributed by atoms with Crippen molar-refractivity contribution >= 4 is 28.3 Å². The minimum absolute atomic E-state index is 0.207. The molecule has 0 bridgehead atoms. The molecule has 7 heteroatoms. The van der Waals surface area contributed by atoms with Crippen LogP contribution in [0.25, 0.3) is 10.8 Å². The average molecular weight is 363 g/mol. The molecular weight excluding hydrogens is 346 g/mol. The fourth-order valence-electron chi connectivity index (χ4n) is 3.37. The zero-order valence-corrected chi connectivity index (χ0v) is 14.7. The van der Waals surface area contributed by atoms with Crippen molar-refractivity contribution in [2.24, 2.45) is 0 Å². The Morgan fingerprint density at radius 2 is 1.74 bits per heavy atom. The van der Waals surface area contributed by atoms with E-state index in [1.54, 1.807) is 24.3 Å². The van der Waals surface area contributed by atoms with Gasteiger partial charge in [0.05, 0.1) is 23.9 Å². The predicted molar refractivity (Wildman–Crippen MR) is 99.9 cm³/mol. The van der Waals surface area contributed by atoms with E-state index in [-0.39, 0.29) is 30.2 Å². The third kappa shape index (κ3) is 2.97. The standard InChI is InChI=1S/C20H17N3O4/c1-27-17-7-6-12(11-16(17)23-18(24)8-9-19(23)25)10-15-13-4-2-3-5-14(13)20(26)22-21-15/h2-7,11H,8-10H2,1H3,(H,22,26). The molecule has 3 aromatic rings. The number of aromatic nitrogens is 2. The highest BCUT2D eigenvalue weighted by Gasteiger charge is 2.32. The highest BCUT2D eigenvalue weighted by molar-refractivity contribution is 6.20. The van der Waals surface area contributed by atoms with E-state index >= 15 is 0 Å². The molecule has 1 fully saturated rings. The van der Waals surface area contributed by atoms with Crippen molar-refractivity contribution in [3.05, 3.63) is 64.1 Å². The number of imide groups is 1. The summed E-state index contributed by atoms with van der Waals surface area (Å²) in [6.07, 6.45) is 0.848. The Hall–Kier alpha value is -3.48. The topological polar surface area (TPSA) is 92.4 Å². The number of amides is 2. The summed E-state index contributed by atoms with van der Waals surface area (Å²) >= 11 is 0. The third-order valence-electron chi connectivity index (χ3n) is 4.68. The second-order valence-electron chi connectivity index (χ2n) is 6.35. The van der Waals surface area contributed by atoms with E-state index in [2.05, 4.69) is 10.2 Å². The summed E-state index contributed by atoms with van der Waals surface area (Å²) < 4.78 is 5.34. The molecule has 0 aliphatic carbocycles. The van der Waals surface area contributed by atoms with Gasteiger partial charge < -0.3 is 4.74 Å². The van der Waals surface area contributed by atoms with Gasteiger partial charge in [-0.05, 0) is 23.8 Å². The first kappa shape index (κ1) is 17.0. The van der Waals surface area contributed by atoms with Crippen LogP contribution in [0.3, 0.4) is 0 Å². The number of fused-ring (bicyclic) bond motifs is 1. The number of anilines is 1. The number of aromatic amines is 1. The molecule has 1 N–H and O–H groups in total. The van der Waals surface area contributed by atoms with E-state index in [4.69, 9.17) is 4.74 Å². The molecule has 2 aromatic carbocycles. The number of nitrogens with zero attached hydrogens (tertiary/aromatic N) is 2. The van der Waals surface area contributed by atoms with Crippen LogP contribution in [0.1, 0.15) is 24.1 Å². The molecule has 2 amide bonds. The maximum Gasteiger partial charge on any atom is 0.272 e. The Morgan fingerprint density at radius 3 is 2.44 bits per heavy atom.